The molecule has 1 fully saturated rings. The van der Waals surface area contributed by atoms with Gasteiger partial charge in [-0.3, -0.25) is 0 Å². The number of aromatic nitrogens is 1. The molecule has 3 rings (SSSR count). The van der Waals surface area contributed by atoms with Crippen molar-refractivity contribution in [2.24, 2.45) is 5.92 Å². The number of anilines is 1. The largest absolute Gasteiger partial charge is 0.494 e. The summed E-state index contributed by atoms with van der Waals surface area (Å²) in [7, 11) is 1.70. The van der Waals surface area contributed by atoms with Crippen LogP contribution in [0.15, 0.2) is 24.3 Å². The molecule has 0 bridgehead atoms. The Morgan fingerprint density at radius 2 is 2.05 bits per heavy atom. The summed E-state index contributed by atoms with van der Waals surface area (Å²) in [5.41, 5.74) is 3.17. The van der Waals surface area contributed by atoms with Gasteiger partial charge in [-0.05, 0) is 37.8 Å². The monoisotopic (exact) mass is 284 g/mol. The van der Waals surface area contributed by atoms with Gasteiger partial charge < -0.3 is 10.1 Å². The molecule has 0 radical (unpaired) electrons. The van der Waals surface area contributed by atoms with E-state index in [1.807, 2.05) is 19.1 Å². The number of para-hydroxylation sites is 1. The number of hydrogen-bond acceptors (Lipinski definition) is 3. The van der Waals surface area contributed by atoms with Gasteiger partial charge in [-0.2, -0.15) is 0 Å². The van der Waals surface area contributed by atoms with E-state index in [0.717, 1.165) is 28.3 Å². The Hall–Kier alpha value is -1.77. The first-order valence-electron chi connectivity index (χ1n) is 7.90. The van der Waals surface area contributed by atoms with Crippen LogP contribution in [0.25, 0.3) is 10.9 Å². The van der Waals surface area contributed by atoms with Crippen molar-refractivity contribution in [3.8, 4) is 5.75 Å². The van der Waals surface area contributed by atoms with E-state index in [-0.39, 0.29) is 0 Å². The molecule has 1 aromatic carbocycles. The molecule has 2 atom stereocenters. The van der Waals surface area contributed by atoms with E-state index in [4.69, 9.17) is 4.74 Å². The molecule has 0 saturated heterocycles. The summed E-state index contributed by atoms with van der Waals surface area (Å²) < 4.78 is 5.46. The summed E-state index contributed by atoms with van der Waals surface area (Å²) in [6, 6.07) is 8.86. The molecule has 2 unspecified atom stereocenters. The van der Waals surface area contributed by atoms with Gasteiger partial charge in [0.25, 0.3) is 0 Å². The summed E-state index contributed by atoms with van der Waals surface area (Å²) in [6.45, 7) is 4.40. The van der Waals surface area contributed by atoms with Gasteiger partial charge in [0.2, 0.25) is 0 Å². The van der Waals surface area contributed by atoms with E-state index < -0.39 is 0 Å². The van der Waals surface area contributed by atoms with Crippen molar-refractivity contribution in [2.75, 3.05) is 12.4 Å². The van der Waals surface area contributed by atoms with Crippen LogP contribution in [-0.2, 0) is 0 Å². The first kappa shape index (κ1) is 14.2. The second-order valence-electron chi connectivity index (χ2n) is 6.18. The Balaban J connectivity index is 2.01. The Labute approximate surface area is 126 Å². The van der Waals surface area contributed by atoms with Crippen LogP contribution in [0.3, 0.4) is 0 Å². The minimum Gasteiger partial charge on any atom is -0.494 e. The van der Waals surface area contributed by atoms with Gasteiger partial charge in [0.1, 0.15) is 11.3 Å². The van der Waals surface area contributed by atoms with Gasteiger partial charge in [-0.15, -0.1) is 0 Å². The molecule has 1 aliphatic carbocycles. The van der Waals surface area contributed by atoms with Crippen LogP contribution >= 0.6 is 0 Å². The molecule has 1 heterocycles. The number of nitrogens with one attached hydrogen (secondary N) is 1. The number of benzene rings is 1. The number of hydrogen-bond donors (Lipinski definition) is 1. The number of fused-ring (bicyclic) bond motifs is 1. The van der Waals surface area contributed by atoms with E-state index in [1.165, 1.54) is 31.4 Å². The quantitative estimate of drug-likeness (QED) is 0.898. The molecule has 3 nitrogen and oxygen atoms in total. The van der Waals surface area contributed by atoms with Crippen molar-refractivity contribution in [1.29, 1.82) is 0 Å². The lowest BCUT2D eigenvalue weighted by atomic mass is 9.85. The number of rotatable bonds is 3. The minimum absolute atomic E-state index is 0.565. The number of aryl methyl sites for hydroxylation is 1. The predicted molar refractivity (Wildman–Crippen MR) is 88.1 cm³/mol. The highest BCUT2D eigenvalue weighted by molar-refractivity contribution is 5.95. The van der Waals surface area contributed by atoms with Crippen LogP contribution in [0, 0.1) is 12.8 Å². The van der Waals surface area contributed by atoms with Crippen LogP contribution in [0.1, 0.15) is 38.3 Å². The Bertz CT molecular complexity index is 638. The highest BCUT2D eigenvalue weighted by Crippen LogP contribution is 2.33. The molecule has 112 valence electrons. The van der Waals surface area contributed by atoms with E-state index in [9.17, 15) is 0 Å². The number of nitrogens with zero attached hydrogens (tertiary/aromatic N) is 1. The standard InChI is InChI=1S/C18H24N2O/c1-12-7-4-5-9-15(12)20-16-11-13(2)19-18-14(16)8-6-10-17(18)21-3/h6,8,10-12,15H,4-5,7,9H2,1-3H3,(H,19,20). The van der Waals surface area contributed by atoms with Gasteiger partial charge in [-0.1, -0.05) is 31.9 Å². The van der Waals surface area contributed by atoms with Crippen molar-refractivity contribution >= 4 is 16.6 Å². The van der Waals surface area contributed by atoms with Crippen molar-refractivity contribution in [1.82, 2.24) is 4.98 Å². The maximum atomic E-state index is 5.46. The molecule has 1 saturated carbocycles. The zero-order valence-corrected chi connectivity index (χ0v) is 13.1. The molecular weight excluding hydrogens is 260 g/mol. The number of pyridine rings is 1. The average Bonchev–Trinajstić information content (AvgIpc) is 2.49. The summed E-state index contributed by atoms with van der Waals surface area (Å²) >= 11 is 0. The summed E-state index contributed by atoms with van der Waals surface area (Å²) in [6.07, 6.45) is 5.27. The molecule has 0 amide bonds. The zero-order chi connectivity index (χ0) is 14.8. The fraction of sp³-hybridized carbons (Fsp3) is 0.500. The second kappa shape index (κ2) is 5.92. The SMILES string of the molecule is COc1cccc2c(NC3CCCCC3C)cc(C)nc12. The fourth-order valence-electron chi connectivity index (χ4n) is 3.36. The third-order valence-corrected chi connectivity index (χ3v) is 4.60. The van der Waals surface area contributed by atoms with Crippen molar-refractivity contribution in [3.05, 3.63) is 30.0 Å². The molecule has 1 N–H and O–H groups in total. The maximum absolute atomic E-state index is 5.46. The van der Waals surface area contributed by atoms with Gasteiger partial charge in [-0.25, -0.2) is 4.98 Å². The van der Waals surface area contributed by atoms with Crippen molar-refractivity contribution in [3.63, 3.8) is 0 Å². The van der Waals surface area contributed by atoms with E-state index in [2.05, 4.69) is 29.4 Å². The van der Waals surface area contributed by atoms with Gasteiger partial charge in [0, 0.05) is 22.8 Å². The van der Waals surface area contributed by atoms with Crippen molar-refractivity contribution in [2.45, 2.75) is 45.6 Å². The Kier molecular flexibility index (Phi) is 4.00. The number of methoxy groups -OCH3 is 1. The lowest BCUT2D eigenvalue weighted by Gasteiger charge is -2.31. The van der Waals surface area contributed by atoms with Gasteiger partial charge in [0.05, 0.1) is 7.11 Å². The van der Waals surface area contributed by atoms with Crippen molar-refractivity contribution < 1.29 is 4.74 Å². The molecule has 0 spiro atoms. The van der Waals surface area contributed by atoms with Crippen LogP contribution in [-0.4, -0.2) is 18.1 Å². The normalized spacial score (nSPS) is 22.2. The molecule has 3 heteroatoms. The summed E-state index contributed by atoms with van der Waals surface area (Å²) in [5.74, 6) is 1.57. The smallest absolute Gasteiger partial charge is 0.145 e. The molecule has 21 heavy (non-hydrogen) atoms. The lowest BCUT2D eigenvalue weighted by molar-refractivity contribution is 0.350. The van der Waals surface area contributed by atoms with E-state index in [0.29, 0.717) is 6.04 Å². The Morgan fingerprint density at radius 1 is 1.24 bits per heavy atom. The minimum atomic E-state index is 0.565. The van der Waals surface area contributed by atoms with Crippen LogP contribution in [0.4, 0.5) is 5.69 Å². The predicted octanol–water partition coefficient (Wildman–Crippen LogP) is 4.54. The topological polar surface area (TPSA) is 34.1 Å². The van der Waals surface area contributed by atoms with Crippen LogP contribution in [0.2, 0.25) is 0 Å². The number of ether oxygens (including phenoxy) is 1. The highest BCUT2D eigenvalue weighted by Gasteiger charge is 2.22. The van der Waals surface area contributed by atoms with E-state index in [1.54, 1.807) is 7.11 Å². The fourth-order valence-corrected chi connectivity index (χ4v) is 3.36. The molecule has 1 aliphatic rings. The lowest BCUT2D eigenvalue weighted by Crippen LogP contribution is -2.30. The second-order valence-corrected chi connectivity index (χ2v) is 6.18. The van der Waals surface area contributed by atoms with Crippen LogP contribution < -0.4 is 10.1 Å². The average molecular weight is 284 g/mol. The molecule has 2 aromatic rings. The van der Waals surface area contributed by atoms with E-state index >= 15 is 0 Å². The highest BCUT2D eigenvalue weighted by atomic mass is 16.5. The summed E-state index contributed by atoms with van der Waals surface area (Å²) in [5, 5.41) is 4.92. The first-order valence-corrected chi connectivity index (χ1v) is 7.90. The maximum Gasteiger partial charge on any atom is 0.145 e. The van der Waals surface area contributed by atoms with Crippen LogP contribution in [0.5, 0.6) is 5.75 Å². The molecule has 0 aliphatic heterocycles. The van der Waals surface area contributed by atoms with Gasteiger partial charge >= 0.3 is 0 Å². The third kappa shape index (κ3) is 2.82. The molecule has 1 aromatic heterocycles. The zero-order valence-electron chi connectivity index (χ0n) is 13.1. The summed E-state index contributed by atoms with van der Waals surface area (Å²) in [4.78, 5) is 4.65. The van der Waals surface area contributed by atoms with Gasteiger partial charge in [0.15, 0.2) is 0 Å². The Morgan fingerprint density at radius 3 is 2.81 bits per heavy atom. The first-order chi connectivity index (χ1) is 10.2. The third-order valence-electron chi connectivity index (χ3n) is 4.60. The molecular formula is C18H24N2O.